The van der Waals surface area contributed by atoms with Crippen molar-refractivity contribution in [1.29, 1.82) is 0 Å². The number of carbonyl (C=O) groups excluding carboxylic acids is 1. The monoisotopic (exact) mass is 161 g/mol. The fourth-order valence-corrected chi connectivity index (χ4v) is 1.93. The van der Waals surface area contributed by atoms with Crippen LogP contribution in [0.5, 0.6) is 0 Å². The van der Waals surface area contributed by atoms with Crippen LogP contribution >= 0.6 is 0 Å². The van der Waals surface area contributed by atoms with Gasteiger partial charge in [0, 0.05) is 6.20 Å². The number of hydrogen-bond acceptors (Lipinski definition) is 2. The van der Waals surface area contributed by atoms with E-state index in [0.29, 0.717) is 11.6 Å². The van der Waals surface area contributed by atoms with E-state index in [4.69, 9.17) is 0 Å². The number of fused-ring (bicyclic) bond motifs is 1. The van der Waals surface area contributed by atoms with Gasteiger partial charge in [0.25, 0.3) is 0 Å². The molecule has 0 saturated carbocycles. The molecule has 0 saturated heterocycles. The minimum atomic E-state index is 0.508. The summed E-state index contributed by atoms with van der Waals surface area (Å²) < 4.78 is 0. The Labute approximate surface area is 71.6 Å². The van der Waals surface area contributed by atoms with E-state index in [1.165, 1.54) is 11.1 Å². The van der Waals surface area contributed by atoms with Crippen molar-refractivity contribution in [3.63, 3.8) is 0 Å². The summed E-state index contributed by atoms with van der Waals surface area (Å²) in [6.45, 7) is 2.15. The maximum absolute atomic E-state index is 10.6. The van der Waals surface area contributed by atoms with Gasteiger partial charge in [-0.2, -0.15) is 0 Å². The Bertz CT molecular complexity index is 320. The Morgan fingerprint density at radius 1 is 1.67 bits per heavy atom. The second-order valence-electron chi connectivity index (χ2n) is 3.33. The van der Waals surface area contributed by atoms with Gasteiger partial charge in [-0.25, -0.2) is 0 Å². The molecule has 0 N–H and O–H groups in total. The van der Waals surface area contributed by atoms with Crippen molar-refractivity contribution in [3.05, 3.63) is 29.1 Å². The second-order valence-corrected chi connectivity index (χ2v) is 3.33. The third-order valence-corrected chi connectivity index (χ3v) is 2.56. The van der Waals surface area contributed by atoms with Crippen molar-refractivity contribution in [2.24, 2.45) is 0 Å². The van der Waals surface area contributed by atoms with Crippen molar-refractivity contribution in [2.75, 3.05) is 0 Å². The van der Waals surface area contributed by atoms with Gasteiger partial charge in [0.05, 0.1) is 0 Å². The first-order valence-corrected chi connectivity index (χ1v) is 4.26. The second kappa shape index (κ2) is 2.70. The molecular formula is C10H11NO. The highest BCUT2D eigenvalue weighted by Gasteiger charge is 2.21. The summed E-state index contributed by atoms with van der Waals surface area (Å²) in [6.07, 6.45) is 4.84. The number of aryl methyl sites for hydroxylation is 1. The van der Waals surface area contributed by atoms with Gasteiger partial charge >= 0.3 is 0 Å². The largest absolute Gasteiger partial charge is 0.296 e. The first-order chi connectivity index (χ1) is 5.83. The van der Waals surface area contributed by atoms with E-state index in [-0.39, 0.29) is 0 Å². The van der Waals surface area contributed by atoms with E-state index in [1.54, 1.807) is 6.20 Å². The quantitative estimate of drug-likeness (QED) is 0.589. The molecule has 0 unspecified atom stereocenters. The van der Waals surface area contributed by atoms with Gasteiger partial charge in [0.2, 0.25) is 0 Å². The highest BCUT2D eigenvalue weighted by Crippen LogP contribution is 2.33. The maximum Gasteiger partial charge on any atom is 0.168 e. The molecule has 1 heterocycles. The summed E-state index contributed by atoms with van der Waals surface area (Å²) in [6, 6.07) is 2.02. The number of nitrogens with zero attached hydrogens (tertiary/aromatic N) is 1. The topological polar surface area (TPSA) is 30.0 Å². The normalized spacial score (nSPS) is 20.6. The van der Waals surface area contributed by atoms with E-state index < -0.39 is 0 Å². The SMILES string of the molecule is C[C@@H]1CCc2ccnc(C=O)c21. The first-order valence-electron chi connectivity index (χ1n) is 4.26. The summed E-state index contributed by atoms with van der Waals surface area (Å²) in [7, 11) is 0. The molecule has 0 bridgehead atoms. The summed E-state index contributed by atoms with van der Waals surface area (Å²) in [5.74, 6) is 0.508. The van der Waals surface area contributed by atoms with Gasteiger partial charge in [0.15, 0.2) is 6.29 Å². The van der Waals surface area contributed by atoms with Crippen molar-refractivity contribution < 1.29 is 4.79 Å². The fraction of sp³-hybridized carbons (Fsp3) is 0.400. The van der Waals surface area contributed by atoms with Crippen molar-refractivity contribution in [3.8, 4) is 0 Å². The van der Waals surface area contributed by atoms with E-state index in [2.05, 4.69) is 11.9 Å². The molecule has 62 valence electrons. The fourth-order valence-electron chi connectivity index (χ4n) is 1.93. The van der Waals surface area contributed by atoms with Gasteiger partial charge in [-0.15, -0.1) is 0 Å². The smallest absolute Gasteiger partial charge is 0.168 e. The molecule has 0 spiro atoms. The van der Waals surface area contributed by atoms with Crippen LogP contribution in [0.4, 0.5) is 0 Å². The summed E-state index contributed by atoms with van der Waals surface area (Å²) in [5.41, 5.74) is 3.12. The molecule has 1 aliphatic rings. The van der Waals surface area contributed by atoms with Crippen LogP contribution in [0.15, 0.2) is 12.3 Å². The minimum Gasteiger partial charge on any atom is -0.296 e. The maximum atomic E-state index is 10.6. The summed E-state index contributed by atoms with van der Waals surface area (Å²) in [4.78, 5) is 14.7. The predicted octanol–water partition coefficient (Wildman–Crippen LogP) is 1.94. The molecule has 0 radical (unpaired) electrons. The van der Waals surface area contributed by atoms with Gasteiger partial charge in [-0.1, -0.05) is 6.92 Å². The van der Waals surface area contributed by atoms with Crippen LogP contribution in [0, 0.1) is 0 Å². The van der Waals surface area contributed by atoms with E-state index in [9.17, 15) is 4.79 Å². The van der Waals surface area contributed by atoms with Gasteiger partial charge in [-0.05, 0) is 36.0 Å². The summed E-state index contributed by atoms with van der Waals surface area (Å²) in [5, 5.41) is 0. The van der Waals surface area contributed by atoms with Gasteiger partial charge in [-0.3, -0.25) is 9.78 Å². The Kier molecular flexibility index (Phi) is 1.68. The van der Waals surface area contributed by atoms with Crippen LogP contribution in [-0.2, 0) is 6.42 Å². The van der Waals surface area contributed by atoms with Crippen molar-refractivity contribution in [2.45, 2.75) is 25.7 Å². The lowest BCUT2D eigenvalue weighted by Crippen LogP contribution is -1.97. The van der Waals surface area contributed by atoms with Crippen molar-refractivity contribution in [1.82, 2.24) is 4.98 Å². The van der Waals surface area contributed by atoms with E-state index in [0.717, 1.165) is 19.1 Å². The first kappa shape index (κ1) is 7.47. The van der Waals surface area contributed by atoms with Crippen LogP contribution in [0.3, 0.4) is 0 Å². The standard InChI is InChI=1S/C10H11NO/c1-7-2-3-8-4-5-11-9(6-12)10(7)8/h4-7H,2-3H2,1H3/t7-/m1/s1. The molecule has 1 aromatic heterocycles. The zero-order chi connectivity index (χ0) is 8.55. The molecule has 2 nitrogen and oxygen atoms in total. The molecule has 0 amide bonds. The van der Waals surface area contributed by atoms with Crippen LogP contribution in [0.2, 0.25) is 0 Å². The zero-order valence-electron chi connectivity index (χ0n) is 7.08. The van der Waals surface area contributed by atoms with E-state index >= 15 is 0 Å². The Morgan fingerprint density at radius 3 is 3.25 bits per heavy atom. The number of aldehydes is 1. The molecule has 2 heteroatoms. The number of carbonyl (C=O) groups is 1. The molecule has 1 aromatic rings. The average molecular weight is 161 g/mol. The minimum absolute atomic E-state index is 0.508. The lowest BCUT2D eigenvalue weighted by Gasteiger charge is -2.05. The van der Waals surface area contributed by atoms with Gasteiger partial charge in [0.1, 0.15) is 5.69 Å². The number of hydrogen-bond donors (Lipinski definition) is 0. The molecule has 1 atom stereocenters. The molecular weight excluding hydrogens is 150 g/mol. The predicted molar refractivity (Wildman–Crippen MR) is 46.4 cm³/mol. The molecule has 0 fully saturated rings. The molecule has 0 aliphatic heterocycles. The number of pyridine rings is 1. The Balaban J connectivity index is 2.60. The van der Waals surface area contributed by atoms with Crippen LogP contribution in [-0.4, -0.2) is 11.3 Å². The van der Waals surface area contributed by atoms with Crippen molar-refractivity contribution >= 4 is 6.29 Å². The lowest BCUT2D eigenvalue weighted by molar-refractivity contribution is 0.111. The van der Waals surface area contributed by atoms with Crippen LogP contribution in [0.25, 0.3) is 0 Å². The highest BCUT2D eigenvalue weighted by molar-refractivity contribution is 5.75. The lowest BCUT2D eigenvalue weighted by atomic mass is 10.0. The van der Waals surface area contributed by atoms with Crippen LogP contribution < -0.4 is 0 Å². The van der Waals surface area contributed by atoms with Crippen LogP contribution in [0.1, 0.15) is 40.9 Å². The highest BCUT2D eigenvalue weighted by atomic mass is 16.1. The third kappa shape index (κ3) is 0.951. The number of aromatic nitrogens is 1. The van der Waals surface area contributed by atoms with Gasteiger partial charge < -0.3 is 0 Å². The molecule has 2 rings (SSSR count). The Morgan fingerprint density at radius 2 is 2.50 bits per heavy atom. The molecule has 1 aliphatic carbocycles. The third-order valence-electron chi connectivity index (χ3n) is 2.56. The summed E-state index contributed by atoms with van der Waals surface area (Å²) >= 11 is 0. The van der Waals surface area contributed by atoms with E-state index in [1.807, 2.05) is 6.07 Å². The Hall–Kier alpha value is -1.18. The average Bonchev–Trinajstić information content (AvgIpc) is 2.48. The molecule has 0 aromatic carbocycles. The molecule has 12 heavy (non-hydrogen) atoms. The zero-order valence-corrected chi connectivity index (χ0v) is 7.08. The number of rotatable bonds is 1.